The van der Waals surface area contributed by atoms with Gasteiger partial charge >= 0.3 is 0 Å². The van der Waals surface area contributed by atoms with Crippen LogP contribution in [0.15, 0.2) is 18.3 Å². The number of nitrogens with zero attached hydrogens (tertiary/aromatic N) is 2. The zero-order valence-corrected chi connectivity index (χ0v) is 10.1. The Balaban J connectivity index is 2.73. The Morgan fingerprint density at radius 2 is 2.20 bits per heavy atom. The highest BCUT2D eigenvalue weighted by Gasteiger charge is 2.06. The second kappa shape index (κ2) is 5.71. The van der Waals surface area contributed by atoms with Crippen molar-refractivity contribution in [3.8, 4) is 0 Å². The quantitative estimate of drug-likeness (QED) is 0.801. The van der Waals surface area contributed by atoms with Crippen LogP contribution in [0.3, 0.4) is 0 Å². The van der Waals surface area contributed by atoms with Crippen LogP contribution in [0.25, 0.3) is 0 Å². The summed E-state index contributed by atoms with van der Waals surface area (Å²) < 4.78 is 0. The van der Waals surface area contributed by atoms with E-state index >= 15 is 0 Å². The fraction of sp³-hybridized carbons (Fsp3) is 0.583. The predicted octanol–water partition coefficient (Wildman–Crippen LogP) is 2.04. The molecule has 1 aromatic heterocycles. The Bertz CT molecular complexity index is 297. The Kier molecular flexibility index (Phi) is 4.56. The number of nitrogens with one attached hydrogen (secondary N) is 1. The Hall–Kier alpha value is -1.09. The lowest BCUT2D eigenvalue weighted by molar-refractivity contribution is 0.718. The third-order valence-corrected chi connectivity index (χ3v) is 2.53. The van der Waals surface area contributed by atoms with Gasteiger partial charge in [-0.15, -0.1) is 0 Å². The summed E-state index contributed by atoms with van der Waals surface area (Å²) in [4.78, 5) is 6.54. The van der Waals surface area contributed by atoms with Crippen molar-refractivity contribution >= 4 is 5.82 Å². The molecule has 0 saturated carbocycles. The summed E-state index contributed by atoms with van der Waals surface area (Å²) in [5, 5.41) is 3.31. The molecule has 0 fully saturated rings. The minimum atomic E-state index is 0.479. The van der Waals surface area contributed by atoms with Crippen LogP contribution in [0.1, 0.15) is 26.3 Å². The molecule has 15 heavy (non-hydrogen) atoms. The lowest BCUT2D eigenvalue weighted by Crippen LogP contribution is -2.26. The average molecular weight is 207 g/mol. The molecule has 0 amide bonds. The molecule has 0 saturated heterocycles. The summed E-state index contributed by atoms with van der Waals surface area (Å²) in [6.07, 6.45) is 1.88. The topological polar surface area (TPSA) is 28.2 Å². The smallest absolute Gasteiger partial charge is 0.128 e. The minimum absolute atomic E-state index is 0.479. The molecule has 0 aromatic carbocycles. The van der Waals surface area contributed by atoms with E-state index in [0.717, 1.165) is 18.9 Å². The number of anilines is 1. The summed E-state index contributed by atoms with van der Waals surface area (Å²) in [6.45, 7) is 8.36. The summed E-state index contributed by atoms with van der Waals surface area (Å²) in [7, 11) is 2.07. The van der Waals surface area contributed by atoms with Crippen molar-refractivity contribution in [1.82, 2.24) is 10.3 Å². The maximum absolute atomic E-state index is 4.37. The van der Waals surface area contributed by atoms with E-state index in [9.17, 15) is 0 Å². The SMILES string of the molecule is CCNCc1ccnc(N(C)C(C)C)c1. The molecule has 0 unspecified atom stereocenters. The van der Waals surface area contributed by atoms with E-state index in [-0.39, 0.29) is 0 Å². The maximum atomic E-state index is 4.37. The number of hydrogen-bond acceptors (Lipinski definition) is 3. The summed E-state index contributed by atoms with van der Waals surface area (Å²) >= 11 is 0. The van der Waals surface area contributed by atoms with Crippen molar-refractivity contribution in [3.05, 3.63) is 23.9 Å². The number of pyridine rings is 1. The minimum Gasteiger partial charge on any atom is -0.357 e. The van der Waals surface area contributed by atoms with Gasteiger partial charge in [0.15, 0.2) is 0 Å². The first-order chi connectivity index (χ1) is 7.15. The van der Waals surface area contributed by atoms with Crippen LogP contribution >= 0.6 is 0 Å². The third kappa shape index (κ3) is 3.51. The van der Waals surface area contributed by atoms with Crippen LogP contribution < -0.4 is 10.2 Å². The van der Waals surface area contributed by atoms with E-state index in [2.05, 4.69) is 55.2 Å². The van der Waals surface area contributed by atoms with Gasteiger partial charge in [0, 0.05) is 25.8 Å². The van der Waals surface area contributed by atoms with Crippen molar-refractivity contribution in [2.45, 2.75) is 33.4 Å². The van der Waals surface area contributed by atoms with Crippen LogP contribution in [0.4, 0.5) is 5.82 Å². The second-order valence-electron chi connectivity index (χ2n) is 4.01. The number of hydrogen-bond donors (Lipinski definition) is 1. The first-order valence-corrected chi connectivity index (χ1v) is 5.53. The van der Waals surface area contributed by atoms with Gasteiger partial charge in [-0.2, -0.15) is 0 Å². The van der Waals surface area contributed by atoms with Crippen molar-refractivity contribution in [2.24, 2.45) is 0 Å². The van der Waals surface area contributed by atoms with E-state index < -0.39 is 0 Å². The zero-order chi connectivity index (χ0) is 11.3. The highest BCUT2D eigenvalue weighted by atomic mass is 15.2. The first kappa shape index (κ1) is 12.0. The normalized spacial score (nSPS) is 10.7. The molecule has 3 heteroatoms. The van der Waals surface area contributed by atoms with Crippen LogP contribution in [-0.4, -0.2) is 24.6 Å². The van der Waals surface area contributed by atoms with Gasteiger partial charge in [0.2, 0.25) is 0 Å². The van der Waals surface area contributed by atoms with Crippen molar-refractivity contribution < 1.29 is 0 Å². The van der Waals surface area contributed by atoms with E-state index in [1.807, 2.05) is 6.20 Å². The van der Waals surface area contributed by atoms with Crippen LogP contribution in [0.5, 0.6) is 0 Å². The van der Waals surface area contributed by atoms with Gasteiger partial charge in [-0.3, -0.25) is 0 Å². The molecule has 1 rings (SSSR count). The van der Waals surface area contributed by atoms with E-state index in [1.165, 1.54) is 5.56 Å². The molecule has 0 bridgehead atoms. The average Bonchev–Trinajstić information content (AvgIpc) is 2.25. The molecule has 0 radical (unpaired) electrons. The van der Waals surface area contributed by atoms with Gasteiger partial charge in [0.1, 0.15) is 5.82 Å². The van der Waals surface area contributed by atoms with Gasteiger partial charge < -0.3 is 10.2 Å². The largest absolute Gasteiger partial charge is 0.357 e. The molecular formula is C12H21N3. The number of aromatic nitrogens is 1. The molecule has 3 nitrogen and oxygen atoms in total. The second-order valence-corrected chi connectivity index (χ2v) is 4.01. The fourth-order valence-corrected chi connectivity index (χ4v) is 1.30. The molecule has 84 valence electrons. The summed E-state index contributed by atoms with van der Waals surface area (Å²) in [6, 6.07) is 4.68. The van der Waals surface area contributed by atoms with Gasteiger partial charge in [-0.1, -0.05) is 6.92 Å². The zero-order valence-electron chi connectivity index (χ0n) is 10.1. The fourth-order valence-electron chi connectivity index (χ4n) is 1.30. The van der Waals surface area contributed by atoms with Gasteiger partial charge in [0.05, 0.1) is 0 Å². The predicted molar refractivity (Wildman–Crippen MR) is 65.2 cm³/mol. The molecule has 1 N–H and O–H groups in total. The lowest BCUT2D eigenvalue weighted by Gasteiger charge is -2.22. The molecule has 0 aliphatic heterocycles. The Morgan fingerprint density at radius 3 is 2.80 bits per heavy atom. The van der Waals surface area contributed by atoms with Crippen LogP contribution in [0.2, 0.25) is 0 Å². The number of rotatable bonds is 5. The van der Waals surface area contributed by atoms with Crippen molar-refractivity contribution in [2.75, 3.05) is 18.5 Å². The molecule has 0 aliphatic carbocycles. The maximum Gasteiger partial charge on any atom is 0.128 e. The van der Waals surface area contributed by atoms with Gasteiger partial charge in [-0.05, 0) is 38.1 Å². The monoisotopic (exact) mass is 207 g/mol. The molecule has 0 spiro atoms. The van der Waals surface area contributed by atoms with E-state index in [1.54, 1.807) is 0 Å². The van der Waals surface area contributed by atoms with E-state index in [4.69, 9.17) is 0 Å². The summed E-state index contributed by atoms with van der Waals surface area (Å²) in [5.74, 6) is 1.04. The van der Waals surface area contributed by atoms with E-state index in [0.29, 0.717) is 6.04 Å². The Morgan fingerprint density at radius 1 is 1.47 bits per heavy atom. The summed E-state index contributed by atoms with van der Waals surface area (Å²) in [5.41, 5.74) is 1.29. The molecule has 1 heterocycles. The first-order valence-electron chi connectivity index (χ1n) is 5.53. The highest BCUT2D eigenvalue weighted by Crippen LogP contribution is 2.13. The third-order valence-electron chi connectivity index (χ3n) is 2.53. The molecule has 0 aliphatic rings. The van der Waals surface area contributed by atoms with Crippen molar-refractivity contribution in [1.29, 1.82) is 0 Å². The molecule has 0 atom stereocenters. The molecule has 1 aromatic rings. The van der Waals surface area contributed by atoms with Crippen molar-refractivity contribution in [3.63, 3.8) is 0 Å². The standard InChI is InChI=1S/C12H21N3/c1-5-13-9-11-6-7-14-12(8-11)15(4)10(2)3/h6-8,10,13H,5,9H2,1-4H3. The van der Waals surface area contributed by atoms with Gasteiger partial charge in [-0.25, -0.2) is 4.98 Å². The lowest BCUT2D eigenvalue weighted by atomic mass is 10.2. The van der Waals surface area contributed by atoms with Crippen LogP contribution in [0, 0.1) is 0 Å². The van der Waals surface area contributed by atoms with Gasteiger partial charge in [0.25, 0.3) is 0 Å². The molecular weight excluding hydrogens is 186 g/mol. The highest BCUT2D eigenvalue weighted by molar-refractivity contribution is 5.40. The Labute approximate surface area is 92.5 Å². The van der Waals surface area contributed by atoms with Crippen LogP contribution in [-0.2, 0) is 6.54 Å².